The molecule has 162 valence electrons. The van der Waals surface area contributed by atoms with Crippen molar-refractivity contribution in [3.8, 4) is 0 Å². The third kappa shape index (κ3) is 5.36. The number of nitrogens with zero attached hydrogens (tertiary/aromatic N) is 1. The molecule has 0 radical (unpaired) electrons. The molecule has 0 aliphatic carbocycles. The quantitative estimate of drug-likeness (QED) is 0.331. The summed E-state index contributed by atoms with van der Waals surface area (Å²) in [5.74, 6) is -0.244. The van der Waals surface area contributed by atoms with E-state index in [4.69, 9.17) is 0 Å². The monoisotopic (exact) mass is 461 g/mol. The van der Waals surface area contributed by atoms with Crippen LogP contribution >= 0.6 is 23.1 Å². The summed E-state index contributed by atoms with van der Waals surface area (Å²) < 4.78 is 1.06. The minimum atomic E-state index is -0.295. The van der Waals surface area contributed by atoms with Crippen LogP contribution in [0.15, 0.2) is 71.6 Å². The van der Waals surface area contributed by atoms with E-state index in [2.05, 4.69) is 21.7 Å². The van der Waals surface area contributed by atoms with Gasteiger partial charge in [0.1, 0.15) is 0 Å². The Balaban J connectivity index is 1.34. The molecule has 2 amide bonds. The highest BCUT2D eigenvalue weighted by Gasteiger charge is 2.17. The first-order chi connectivity index (χ1) is 15.4. The van der Waals surface area contributed by atoms with Crippen LogP contribution in [0.1, 0.15) is 28.4 Å². The predicted molar refractivity (Wildman–Crippen MR) is 134 cm³/mol. The SMILES string of the molecule is Cc1ccc(C(=O)Nc2ccc(SC(C)C(=O)Nc3nc4ccc(C)cc4s3)cc2)cc1. The van der Waals surface area contributed by atoms with E-state index in [1.807, 2.05) is 81.4 Å². The molecule has 0 fully saturated rings. The van der Waals surface area contributed by atoms with E-state index in [0.29, 0.717) is 16.4 Å². The summed E-state index contributed by atoms with van der Waals surface area (Å²) >= 11 is 2.94. The number of amides is 2. The molecule has 3 aromatic carbocycles. The minimum Gasteiger partial charge on any atom is -0.322 e. The fourth-order valence-corrected chi connectivity index (χ4v) is 4.91. The van der Waals surface area contributed by atoms with Crippen molar-refractivity contribution in [3.63, 3.8) is 0 Å². The second-order valence-electron chi connectivity index (χ2n) is 7.58. The Bertz CT molecular complexity index is 1260. The molecular formula is C25H23N3O2S2. The summed E-state index contributed by atoms with van der Waals surface area (Å²) in [7, 11) is 0. The summed E-state index contributed by atoms with van der Waals surface area (Å²) in [5.41, 5.74) is 4.49. The largest absolute Gasteiger partial charge is 0.322 e. The Hall–Kier alpha value is -3.16. The molecule has 1 aromatic heterocycles. The van der Waals surface area contributed by atoms with E-state index in [1.54, 1.807) is 0 Å². The number of thiazole rings is 1. The number of anilines is 2. The molecule has 2 N–H and O–H groups in total. The van der Waals surface area contributed by atoms with E-state index in [0.717, 1.165) is 20.7 Å². The molecule has 32 heavy (non-hydrogen) atoms. The number of thioether (sulfide) groups is 1. The van der Waals surface area contributed by atoms with Gasteiger partial charge in [-0.25, -0.2) is 4.98 Å². The van der Waals surface area contributed by atoms with Crippen LogP contribution in [-0.2, 0) is 4.79 Å². The van der Waals surface area contributed by atoms with Crippen molar-refractivity contribution in [3.05, 3.63) is 83.4 Å². The molecule has 4 aromatic rings. The van der Waals surface area contributed by atoms with E-state index in [1.165, 1.54) is 28.7 Å². The number of hydrogen-bond acceptors (Lipinski definition) is 5. The third-order valence-electron chi connectivity index (χ3n) is 4.88. The molecule has 5 nitrogen and oxygen atoms in total. The molecule has 0 bridgehead atoms. The predicted octanol–water partition coefficient (Wildman–Crippen LogP) is 6.28. The van der Waals surface area contributed by atoms with Crippen LogP contribution in [0.3, 0.4) is 0 Å². The van der Waals surface area contributed by atoms with Gasteiger partial charge in [-0.15, -0.1) is 11.8 Å². The van der Waals surface area contributed by atoms with Gasteiger partial charge in [-0.3, -0.25) is 9.59 Å². The Morgan fingerprint density at radius 3 is 2.31 bits per heavy atom. The summed E-state index contributed by atoms with van der Waals surface area (Å²) in [6.45, 7) is 5.89. The molecule has 1 unspecified atom stereocenters. The second-order valence-corrected chi connectivity index (χ2v) is 10.0. The van der Waals surface area contributed by atoms with Gasteiger partial charge in [-0.05, 0) is 74.9 Å². The zero-order chi connectivity index (χ0) is 22.7. The number of aromatic nitrogens is 1. The maximum absolute atomic E-state index is 12.6. The molecule has 0 saturated carbocycles. The first-order valence-corrected chi connectivity index (χ1v) is 11.9. The van der Waals surface area contributed by atoms with Gasteiger partial charge in [0.05, 0.1) is 15.5 Å². The fourth-order valence-electron chi connectivity index (χ4n) is 3.08. The molecule has 7 heteroatoms. The van der Waals surface area contributed by atoms with Crippen LogP contribution in [0.5, 0.6) is 0 Å². The molecule has 0 aliphatic rings. The van der Waals surface area contributed by atoms with Gasteiger partial charge in [0.25, 0.3) is 5.91 Å². The molecule has 0 spiro atoms. The van der Waals surface area contributed by atoms with Crippen molar-refractivity contribution < 1.29 is 9.59 Å². The number of carbonyl (C=O) groups excluding carboxylic acids is 2. The van der Waals surface area contributed by atoms with Crippen LogP contribution in [0.25, 0.3) is 10.2 Å². The molecular weight excluding hydrogens is 438 g/mol. The number of nitrogens with one attached hydrogen (secondary N) is 2. The van der Waals surface area contributed by atoms with E-state index in [-0.39, 0.29) is 17.1 Å². The smallest absolute Gasteiger partial charge is 0.255 e. The van der Waals surface area contributed by atoms with Crippen LogP contribution in [0.4, 0.5) is 10.8 Å². The highest BCUT2D eigenvalue weighted by atomic mass is 32.2. The zero-order valence-electron chi connectivity index (χ0n) is 18.0. The van der Waals surface area contributed by atoms with Crippen LogP contribution in [-0.4, -0.2) is 22.0 Å². The number of hydrogen-bond donors (Lipinski definition) is 2. The first-order valence-electron chi connectivity index (χ1n) is 10.2. The maximum Gasteiger partial charge on any atom is 0.255 e. The molecule has 0 saturated heterocycles. The lowest BCUT2D eigenvalue weighted by Gasteiger charge is -2.11. The molecule has 4 rings (SSSR count). The first kappa shape index (κ1) is 22.0. The van der Waals surface area contributed by atoms with Crippen molar-refractivity contribution in [2.75, 3.05) is 10.6 Å². The topological polar surface area (TPSA) is 71.1 Å². The van der Waals surface area contributed by atoms with E-state index in [9.17, 15) is 9.59 Å². The third-order valence-corrected chi connectivity index (χ3v) is 6.93. The van der Waals surface area contributed by atoms with Crippen LogP contribution < -0.4 is 10.6 Å². The van der Waals surface area contributed by atoms with Gasteiger partial charge >= 0.3 is 0 Å². The highest BCUT2D eigenvalue weighted by molar-refractivity contribution is 8.00. The molecule has 1 heterocycles. The van der Waals surface area contributed by atoms with Gasteiger partial charge in [0.15, 0.2) is 5.13 Å². The lowest BCUT2D eigenvalue weighted by Crippen LogP contribution is -2.22. The number of fused-ring (bicyclic) bond motifs is 1. The lowest BCUT2D eigenvalue weighted by atomic mass is 10.1. The van der Waals surface area contributed by atoms with Crippen LogP contribution in [0, 0.1) is 13.8 Å². The summed E-state index contributed by atoms with van der Waals surface area (Å²) in [6.07, 6.45) is 0. The van der Waals surface area contributed by atoms with Crippen molar-refractivity contribution in [2.45, 2.75) is 30.9 Å². The van der Waals surface area contributed by atoms with Gasteiger partial charge in [0, 0.05) is 16.1 Å². The maximum atomic E-state index is 12.6. The fraction of sp³-hybridized carbons (Fsp3) is 0.160. The molecule has 1 atom stereocenters. The van der Waals surface area contributed by atoms with Crippen molar-refractivity contribution in [2.24, 2.45) is 0 Å². The van der Waals surface area contributed by atoms with E-state index < -0.39 is 0 Å². The van der Waals surface area contributed by atoms with Gasteiger partial charge in [0.2, 0.25) is 5.91 Å². The number of aryl methyl sites for hydroxylation is 2. The highest BCUT2D eigenvalue weighted by Crippen LogP contribution is 2.29. The van der Waals surface area contributed by atoms with Gasteiger partial charge in [-0.1, -0.05) is 35.1 Å². The summed E-state index contributed by atoms with van der Waals surface area (Å²) in [5, 5.41) is 6.13. The number of rotatable bonds is 6. The number of benzene rings is 3. The van der Waals surface area contributed by atoms with Gasteiger partial charge in [-0.2, -0.15) is 0 Å². The Morgan fingerprint density at radius 2 is 1.59 bits per heavy atom. The standard InChI is InChI=1S/C25H23N3O2S2/c1-15-4-7-18(8-5-15)24(30)26-19-9-11-20(12-10-19)31-17(3)23(29)28-25-27-21-13-6-16(2)14-22(21)32-25/h4-14,17H,1-3H3,(H,26,30)(H,27,28,29). The van der Waals surface area contributed by atoms with Crippen molar-refractivity contribution in [1.82, 2.24) is 4.98 Å². The average Bonchev–Trinajstić information content (AvgIpc) is 3.16. The Labute approximate surface area is 195 Å². The normalized spacial score (nSPS) is 11.8. The van der Waals surface area contributed by atoms with Gasteiger partial charge < -0.3 is 10.6 Å². The Morgan fingerprint density at radius 1 is 0.906 bits per heavy atom. The Kier molecular flexibility index (Phi) is 6.58. The summed E-state index contributed by atoms with van der Waals surface area (Å²) in [4.78, 5) is 30.4. The zero-order valence-corrected chi connectivity index (χ0v) is 19.6. The van der Waals surface area contributed by atoms with Crippen molar-refractivity contribution in [1.29, 1.82) is 0 Å². The summed E-state index contributed by atoms with van der Waals surface area (Å²) in [6, 6.07) is 21.0. The van der Waals surface area contributed by atoms with Crippen LogP contribution in [0.2, 0.25) is 0 Å². The number of carbonyl (C=O) groups is 2. The van der Waals surface area contributed by atoms with Crippen molar-refractivity contribution >= 4 is 55.9 Å². The minimum absolute atomic E-state index is 0.0949. The second kappa shape index (κ2) is 9.54. The van der Waals surface area contributed by atoms with E-state index >= 15 is 0 Å². The average molecular weight is 462 g/mol. The molecule has 0 aliphatic heterocycles. The lowest BCUT2D eigenvalue weighted by molar-refractivity contribution is -0.115.